The van der Waals surface area contributed by atoms with Crippen LogP contribution < -0.4 is 0 Å². The van der Waals surface area contributed by atoms with Crippen molar-refractivity contribution in [3.8, 4) is 0 Å². The van der Waals surface area contributed by atoms with Crippen LogP contribution in [0.1, 0.15) is 38.2 Å². The fourth-order valence-corrected chi connectivity index (χ4v) is 4.16. The zero-order valence-corrected chi connectivity index (χ0v) is 14.0. The van der Waals surface area contributed by atoms with Crippen molar-refractivity contribution in [1.82, 2.24) is 4.90 Å². The Morgan fingerprint density at radius 3 is 2.96 bits per heavy atom. The summed E-state index contributed by atoms with van der Waals surface area (Å²) in [6.07, 6.45) is 7.69. The van der Waals surface area contributed by atoms with Crippen LogP contribution in [-0.4, -0.2) is 36.5 Å². The molecular formula is C20H26N2O. The first-order chi connectivity index (χ1) is 11.1. The van der Waals surface area contributed by atoms with Crippen LogP contribution >= 0.6 is 0 Å². The van der Waals surface area contributed by atoms with Crippen LogP contribution in [0.25, 0.3) is 0 Å². The first-order valence-electron chi connectivity index (χ1n) is 9.04. The Labute approximate surface area is 138 Å². The van der Waals surface area contributed by atoms with Gasteiger partial charge in [-0.2, -0.15) is 0 Å². The number of hydrogen-bond acceptors (Lipinski definition) is 3. The summed E-state index contributed by atoms with van der Waals surface area (Å²) >= 11 is 0. The number of Topliss-reactive ketones (excluding diaryl/α,β-unsaturated/α-hetero) is 1. The molecule has 0 radical (unpaired) electrons. The molecule has 4 rings (SSSR count). The summed E-state index contributed by atoms with van der Waals surface area (Å²) in [5, 5.41) is 0. The van der Waals surface area contributed by atoms with Crippen LogP contribution in [0.2, 0.25) is 0 Å². The fourth-order valence-electron chi connectivity index (χ4n) is 4.16. The molecule has 122 valence electrons. The topological polar surface area (TPSA) is 32.7 Å². The Balaban J connectivity index is 1.47. The van der Waals surface area contributed by atoms with Crippen LogP contribution in [0, 0.1) is 17.3 Å². The van der Waals surface area contributed by atoms with Gasteiger partial charge in [0.1, 0.15) is 5.78 Å². The lowest BCUT2D eigenvalue weighted by Gasteiger charge is -2.37. The van der Waals surface area contributed by atoms with E-state index >= 15 is 0 Å². The van der Waals surface area contributed by atoms with Gasteiger partial charge in [0.05, 0.1) is 11.1 Å². The maximum atomic E-state index is 13.2. The minimum absolute atomic E-state index is 0.184. The van der Waals surface area contributed by atoms with E-state index in [0.29, 0.717) is 5.78 Å². The van der Waals surface area contributed by atoms with Crippen LogP contribution in [0.4, 0.5) is 5.69 Å². The third kappa shape index (κ3) is 3.12. The van der Waals surface area contributed by atoms with E-state index in [0.717, 1.165) is 37.4 Å². The van der Waals surface area contributed by atoms with Gasteiger partial charge in [-0.3, -0.25) is 9.79 Å². The summed E-state index contributed by atoms with van der Waals surface area (Å²) in [5.74, 6) is 1.49. The Morgan fingerprint density at radius 2 is 2.13 bits per heavy atom. The van der Waals surface area contributed by atoms with Crippen LogP contribution in [-0.2, 0) is 11.2 Å². The molecule has 2 heterocycles. The van der Waals surface area contributed by atoms with Gasteiger partial charge >= 0.3 is 0 Å². The molecule has 0 aromatic heterocycles. The number of likely N-dealkylation sites (tertiary alicyclic amines) is 1. The van der Waals surface area contributed by atoms with E-state index in [-0.39, 0.29) is 5.92 Å². The average Bonchev–Trinajstić information content (AvgIpc) is 3.38. The van der Waals surface area contributed by atoms with E-state index in [2.05, 4.69) is 22.9 Å². The Hall–Kier alpha value is -1.48. The molecule has 2 aliphatic heterocycles. The van der Waals surface area contributed by atoms with E-state index in [1.165, 1.54) is 31.5 Å². The number of benzene rings is 1. The number of carbonyl (C=O) groups is 1. The van der Waals surface area contributed by atoms with Crippen molar-refractivity contribution in [2.24, 2.45) is 22.2 Å². The molecule has 1 saturated heterocycles. The van der Waals surface area contributed by atoms with Gasteiger partial charge in [0.2, 0.25) is 0 Å². The van der Waals surface area contributed by atoms with Gasteiger partial charge in [-0.15, -0.1) is 0 Å². The molecule has 3 nitrogen and oxygen atoms in total. The second-order valence-electron chi connectivity index (χ2n) is 7.89. The number of aliphatic imine (C=N–C) groups is 1. The number of nitrogens with zero attached hydrogens (tertiary/aromatic N) is 2. The van der Waals surface area contributed by atoms with Crippen molar-refractivity contribution in [1.29, 1.82) is 0 Å². The van der Waals surface area contributed by atoms with Crippen molar-refractivity contribution < 1.29 is 4.79 Å². The van der Waals surface area contributed by atoms with E-state index in [9.17, 15) is 4.79 Å². The number of rotatable bonds is 4. The molecule has 23 heavy (non-hydrogen) atoms. The first kappa shape index (κ1) is 15.1. The number of ketones is 1. The van der Waals surface area contributed by atoms with Crippen molar-refractivity contribution in [3.05, 3.63) is 29.8 Å². The number of fused-ring (bicyclic) bond motifs is 1. The molecule has 0 N–H and O–H groups in total. The van der Waals surface area contributed by atoms with Gasteiger partial charge in [0.25, 0.3) is 0 Å². The van der Waals surface area contributed by atoms with Crippen molar-refractivity contribution in [3.63, 3.8) is 0 Å². The summed E-state index contributed by atoms with van der Waals surface area (Å²) < 4.78 is 0. The van der Waals surface area contributed by atoms with E-state index in [4.69, 9.17) is 0 Å². The molecule has 1 aliphatic carbocycles. The Kier molecular flexibility index (Phi) is 3.84. The lowest BCUT2D eigenvalue weighted by atomic mass is 9.72. The zero-order valence-electron chi connectivity index (χ0n) is 14.0. The second kappa shape index (κ2) is 5.86. The molecule has 0 bridgehead atoms. The molecule has 1 aromatic carbocycles. The minimum atomic E-state index is -0.429. The fraction of sp³-hybridized carbons (Fsp3) is 0.600. The Bertz CT molecular complexity index is 634. The first-order valence-corrected chi connectivity index (χ1v) is 9.04. The third-order valence-electron chi connectivity index (χ3n) is 5.69. The molecule has 2 fully saturated rings. The van der Waals surface area contributed by atoms with E-state index < -0.39 is 5.41 Å². The van der Waals surface area contributed by atoms with Gasteiger partial charge < -0.3 is 4.90 Å². The second-order valence-corrected chi connectivity index (χ2v) is 7.89. The molecule has 3 heteroatoms. The summed E-state index contributed by atoms with van der Waals surface area (Å²) in [7, 11) is 0. The molecule has 3 aliphatic rings. The number of carbonyl (C=O) groups excluding carboxylic acids is 1. The van der Waals surface area contributed by atoms with Gasteiger partial charge in [0.15, 0.2) is 0 Å². The molecule has 2 atom stereocenters. The van der Waals surface area contributed by atoms with Crippen LogP contribution in [0.3, 0.4) is 0 Å². The SMILES string of the molecule is CC1(C(=O)C2CCCN(CC3CC3)C2)C=Nc2ccccc2C1. The number of hydrogen-bond donors (Lipinski definition) is 0. The lowest BCUT2D eigenvalue weighted by molar-refractivity contribution is -0.130. The average molecular weight is 310 g/mol. The number of para-hydroxylation sites is 1. The summed E-state index contributed by atoms with van der Waals surface area (Å²) in [4.78, 5) is 20.3. The van der Waals surface area contributed by atoms with Gasteiger partial charge in [0, 0.05) is 25.2 Å². The lowest BCUT2D eigenvalue weighted by Crippen LogP contribution is -2.46. The van der Waals surface area contributed by atoms with Crippen molar-refractivity contribution in [2.45, 2.75) is 39.0 Å². The molecule has 0 spiro atoms. The maximum Gasteiger partial charge on any atom is 0.148 e. The minimum Gasteiger partial charge on any atom is -0.302 e. The predicted octanol–water partition coefficient (Wildman–Crippen LogP) is 3.64. The van der Waals surface area contributed by atoms with Gasteiger partial charge in [-0.1, -0.05) is 18.2 Å². The van der Waals surface area contributed by atoms with E-state index in [1.807, 2.05) is 24.4 Å². The Morgan fingerprint density at radius 1 is 1.30 bits per heavy atom. The molecule has 1 saturated carbocycles. The molecule has 2 unspecified atom stereocenters. The highest BCUT2D eigenvalue weighted by Gasteiger charge is 2.40. The summed E-state index contributed by atoms with van der Waals surface area (Å²) in [6, 6.07) is 8.20. The molecular weight excluding hydrogens is 284 g/mol. The third-order valence-corrected chi connectivity index (χ3v) is 5.69. The standard InChI is InChI=1S/C20H26N2O/c1-20(11-16-5-2-3-7-18(16)21-14-20)19(23)17-6-4-10-22(13-17)12-15-8-9-15/h2-3,5,7,14-15,17H,4,6,8-13H2,1H3. The van der Waals surface area contributed by atoms with Gasteiger partial charge in [-0.25, -0.2) is 0 Å². The highest BCUT2D eigenvalue weighted by atomic mass is 16.1. The molecule has 0 amide bonds. The van der Waals surface area contributed by atoms with Crippen molar-refractivity contribution >= 4 is 17.7 Å². The molecule has 1 aromatic rings. The monoisotopic (exact) mass is 310 g/mol. The predicted molar refractivity (Wildman–Crippen MR) is 93.3 cm³/mol. The van der Waals surface area contributed by atoms with Crippen LogP contribution in [0.15, 0.2) is 29.3 Å². The highest BCUT2D eigenvalue weighted by molar-refractivity contribution is 6.02. The summed E-state index contributed by atoms with van der Waals surface area (Å²) in [5.41, 5.74) is 1.80. The zero-order chi connectivity index (χ0) is 15.9. The smallest absolute Gasteiger partial charge is 0.148 e. The van der Waals surface area contributed by atoms with E-state index in [1.54, 1.807) is 0 Å². The number of piperidine rings is 1. The largest absolute Gasteiger partial charge is 0.302 e. The highest BCUT2D eigenvalue weighted by Crippen LogP contribution is 2.37. The summed E-state index contributed by atoms with van der Waals surface area (Å²) in [6.45, 7) is 5.42. The van der Waals surface area contributed by atoms with Crippen LogP contribution in [0.5, 0.6) is 0 Å². The normalized spacial score (nSPS) is 30.9. The van der Waals surface area contributed by atoms with Crippen molar-refractivity contribution in [2.75, 3.05) is 19.6 Å². The quantitative estimate of drug-likeness (QED) is 0.850. The van der Waals surface area contributed by atoms with Gasteiger partial charge in [-0.05, 0) is 63.1 Å². The maximum absolute atomic E-state index is 13.2.